The van der Waals surface area contributed by atoms with Gasteiger partial charge in [0.15, 0.2) is 15.6 Å². The lowest BCUT2D eigenvalue weighted by molar-refractivity contribution is -0.133. The zero-order chi connectivity index (χ0) is 36.0. The number of likely N-dealkylation sites (tertiary alicyclic amines) is 1. The van der Waals surface area contributed by atoms with Gasteiger partial charge in [-0.1, -0.05) is 49.6 Å². The number of β-amino-alcohol motifs (C(OH)–C–C–N with tert-alkyl or cyclic N) is 1. The third-order valence-corrected chi connectivity index (χ3v) is 12.4. The van der Waals surface area contributed by atoms with Crippen molar-refractivity contribution >= 4 is 27.4 Å². The van der Waals surface area contributed by atoms with Crippen molar-refractivity contribution in [3.63, 3.8) is 0 Å². The van der Waals surface area contributed by atoms with Gasteiger partial charge in [0, 0.05) is 31.3 Å². The summed E-state index contributed by atoms with van der Waals surface area (Å²) in [7, 11) is -2.61. The van der Waals surface area contributed by atoms with Crippen LogP contribution >= 0.6 is 0 Å². The number of ketones is 1. The maximum absolute atomic E-state index is 13.8. The van der Waals surface area contributed by atoms with Crippen LogP contribution in [0.15, 0.2) is 30.3 Å². The molecule has 0 spiro atoms. The van der Waals surface area contributed by atoms with Crippen LogP contribution in [0.5, 0.6) is 0 Å². The second-order valence-corrected chi connectivity index (χ2v) is 17.8. The van der Waals surface area contributed by atoms with Crippen LogP contribution in [0.25, 0.3) is 0 Å². The third kappa shape index (κ3) is 10.3. The smallest absolute Gasteiger partial charge is 0.238 e. The normalized spacial score (nSPS) is 25.0. The summed E-state index contributed by atoms with van der Waals surface area (Å²) in [6, 6.07) is 5.24. The van der Waals surface area contributed by atoms with Gasteiger partial charge >= 0.3 is 0 Å². The number of hydrogen-bond donors (Lipinski definition) is 6. The number of fused-ring (bicyclic) bond motifs is 1. The van der Waals surface area contributed by atoms with Gasteiger partial charge in [0.05, 0.1) is 30.3 Å². The topological polar surface area (TPSA) is 191 Å². The van der Waals surface area contributed by atoms with Crippen LogP contribution in [0.3, 0.4) is 0 Å². The van der Waals surface area contributed by atoms with E-state index in [-0.39, 0.29) is 18.9 Å². The number of aliphatic hydroxyl groups excluding tert-OH is 2. The highest BCUT2D eigenvalue weighted by molar-refractivity contribution is 7.92. The lowest BCUT2D eigenvalue weighted by atomic mass is 9.72. The number of likely N-dealkylation sites (N-methyl/N-ethyl adjacent to an activating group) is 1. The molecule has 0 radical (unpaired) electrons. The molecule has 272 valence electrons. The molecule has 1 aromatic rings. The van der Waals surface area contributed by atoms with E-state index in [0.29, 0.717) is 24.8 Å². The summed E-state index contributed by atoms with van der Waals surface area (Å²) in [6.07, 6.45) is 3.43. The summed E-state index contributed by atoms with van der Waals surface area (Å²) in [4.78, 5) is 42.6. The van der Waals surface area contributed by atoms with Crippen molar-refractivity contribution in [1.82, 2.24) is 20.9 Å². The number of nitrogens with one attached hydrogen (secondary N) is 3. The van der Waals surface area contributed by atoms with Crippen LogP contribution < -0.4 is 21.7 Å². The fraction of sp³-hybridized carbons (Fsp3) is 0.743. The molecular weight excluding hydrogens is 634 g/mol. The number of nitrogens with two attached hydrogens (primary N) is 1. The third-order valence-electron chi connectivity index (χ3n) is 10.3. The minimum atomic E-state index is -4.08. The van der Waals surface area contributed by atoms with Gasteiger partial charge in [-0.2, -0.15) is 0 Å². The Bertz CT molecular complexity index is 1350. The Kier molecular flexibility index (Phi) is 13.8. The quantitative estimate of drug-likeness (QED) is 0.154. The number of benzene rings is 1. The number of nitrogens with zero attached hydrogens (tertiary/aromatic N) is 1. The molecule has 0 bridgehead atoms. The highest BCUT2D eigenvalue weighted by Crippen LogP contribution is 2.39. The summed E-state index contributed by atoms with van der Waals surface area (Å²) >= 11 is 0. The van der Waals surface area contributed by atoms with Crippen molar-refractivity contribution in [2.75, 3.05) is 26.4 Å². The Morgan fingerprint density at radius 2 is 1.65 bits per heavy atom. The minimum absolute atomic E-state index is 0.0879. The molecule has 1 unspecified atom stereocenters. The van der Waals surface area contributed by atoms with Crippen LogP contribution in [0.2, 0.25) is 0 Å². The number of amides is 2. The van der Waals surface area contributed by atoms with Gasteiger partial charge in [-0.25, -0.2) is 8.42 Å². The monoisotopic (exact) mass is 693 g/mol. The SMILES string of the molecule is CN[C@H](C(=O)CC(C)([C@H](N)C(=O)N[C@@H](Cc1ccccc1)[C@H](O)CN1C[C@H]2CCCC[C@H]2C[C@H]1C(=O)NC(C)(C)C)S(C)(=O)=O)[C@@H](C)O. The van der Waals surface area contributed by atoms with E-state index >= 15 is 0 Å². The van der Waals surface area contributed by atoms with Crippen molar-refractivity contribution < 1.29 is 33.0 Å². The van der Waals surface area contributed by atoms with E-state index in [9.17, 15) is 33.0 Å². The summed E-state index contributed by atoms with van der Waals surface area (Å²) < 4.78 is 24.2. The Balaban J connectivity index is 1.90. The van der Waals surface area contributed by atoms with E-state index in [1.165, 1.54) is 20.9 Å². The number of sulfone groups is 1. The number of Topliss-reactive ketones (excluding diaryl/α,β-unsaturated/α-hetero) is 1. The largest absolute Gasteiger partial charge is 0.391 e. The molecule has 1 aliphatic heterocycles. The van der Waals surface area contributed by atoms with Gasteiger partial charge in [-0.3, -0.25) is 19.3 Å². The highest BCUT2D eigenvalue weighted by Gasteiger charge is 2.49. The van der Waals surface area contributed by atoms with Crippen LogP contribution in [0, 0.1) is 11.8 Å². The van der Waals surface area contributed by atoms with Crippen molar-refractivity contribution in [2.24, 2.45) is 17.6 Å². The first-order chi connectivity index (χ1) is 22.3. The molecule has 7 N–H and O–H groups in total. The maximum atomic E-state index is 13.8. The van der Waals surface area contributed by atoms with E-state index in [1.54, 1.807) is 0 Å². The maximum Gasteiger partial charge on any atom is 0.238 e. The minimum Gasteiger partial charge on any atom is -0.391 e. The van der Waals surface area contributed by atoms with Gasteiger partial charge in [0.25, 0.3) is 0 Å². The first-order valence-corrected chi connectivity index (χ1v) is 19.1. The summed E-state index contributed by atoms with van der Waals surface area (Å²) in [6.45, 7) is 9.24. The molecule has 0 aromatic heterocycles. The van der Waals surface area contributed by atoms with Crippen molar-refractivity contribution in [1.29, 1.82) is 0 Å². The molecular formula is C35H59N5O7S. The van der Waals surface area contributed by atoms with Gasteiger partial charge in [-0.15, -0.1) is 0 Å². The number of piperidine rings is 1. The van der Waals surface area contributed by atoms with E-state index < -0.39 is 74.6 Å². The molecule has 1 heterocycles. The first-order valence-electron chi connectivity index (χ1n) is 17.2. The Morgan fingerprint density at radius 3 is 2.19 bits per heavy atom. The van der Waals surface area contributed by atoms with Gasteiger partial charge in [0.1, 0.15) is 10.8 Å². The molecule has 48 heavy (non-hydrogen) atoms. The number of rotatable bonds is 15. The van der Waals surface area contributed by atoms with E-state index in [2.05, 4.69) is 16.0 Å². The van der Waals surface area contributed by atoms with E-state index in [1.807, 2.05) is 56.0 Å². The zero-order valence-corrected chi connectivity index (χ0v) is 30.6. The molecule has 13 heteroatoms. The standard InChI is InChI=1S/C35H59N5O7S/c1-22(41)30(37-6)28(42)19-35(5,48(7,46)47)31(36)33(45)38-26(17-23-13-9-8-10-14-23)29(43)21-40-20-25-16-12-11-15-24(25)18-27(40)32(44)39-34(2,3)4/h8-10,13-14,22,24-27,29-31,37,41,43H,11-12,15-21,36H2,1-7H3,(H,38,45)(H,39,44)/t22-,24+,25-,26+,27+,29-,30+,31-,35?/m1/s1. The predicted molar refractivity (Wildman–Crippen MR) is 187 cm³/mol. The molecule has 12 nitrogen and oxygen atoms in total. The van der Waals surface area contributed by atoms with Crippen molar-refractivity contribution in [2.45, 2.75) is 126 Å². The van der Waals surface area contributed by atoms with Crippen LogP contribution in [-0.2, 0) is 30.6 Å². The van der Waals surface area contributed by atoms with Gasteiger partial charge in [0.2, 0.25) is 11.8 Å². The zero-order valence-electron chi connectivity index (χ0n) is 29.7. The van der Waals surface area contributed by atoms with E-state index in [0.717, 1.165) is 37.5 Å². The lowest BCUT2D eigenvalue weighted by Crippen LogP contribution is -2.64. The van der Waals surface area contributed by atoms with E-state index in [4.69, 9.17) is 5.73 Å². The molecule has 2 aliphatic rings. The molecule has 1 aromatic carbocycles. The summed E-state index contributed by atoms with van der Waals surface area (Å²) in [5.41, 5.74) is 6.80. The average Bonchev–Trinajstić information content (AvgIpc) is 2.99. The van der Waals surface area contributed by atoms with Crippen molar-refractivity contribution in [3.8, 4) is 0 Å². The van der Waals surface area contributed by atoms with Gasteiger partial charge < -0.3 is 31.9 Å². The van der Waals surface area contributed by atoms with Crippen LogP contribution in [0.4, 0.5) is 0 Å². The van der Waals surface area contributed by atoms with Crippen LogP contribution in [0.1, 0.15) is 78.7 Å². The molecule has 1 aliphatic carbocycles. The van der Waals surface area contributed by atoms with Gasteiger partial charge in [-0.05, 0) is 78.3 Å². The average molecular weight is 694 g/mol. The first kappa shape index (κ1) is 40.0. The summed E-state index contributed by atoms with van der Waals surface area (Å²) in [5, 5.41) is 30.5. The molecule has 1 saturated heterocycles. The number of hydrogen-bond acceptors (Lipinski definition) is 10. The lowest BCUT2D eigenvalue weighted by Gasteiger charge is -2.47. The fourth-order valence-corrected chi connectivity index (χ4v) is 8.27. The fourth-order valence-electron chi connectivity index (χ4n) is 7.29. The molecule has 9 atom stereocenters. The molecule has 2 amide bonds. The summed E-state index contributed by atoms with van der Waals surface area (Å²) in [5.74, 6) is -0.670. The van der Waals surface area contributed by atoms with Crippen molar-refractivity contribution in [3.05, 3.63) is 35.9 Å². The highest BCUT2D eigenvalue weighted by atomic mass is 32.2. The number of carbonyl (C=O) groups is 3. The molecule has 1 saturated carbocycles. The number of carbonyl (C=O) groups excluding carboxylic acids is 3. The predicted octanol–water partition coefficient (Wildman–Crippen LogP) is 0.929. The Morgan fingerprint density at radius 1 is 1.04 bits per heavy atom. The Hall–Kier alpha value is -2.42. The molecule has 2 fully saturated rings. The number of aliphatic hydroxyl groups is 2. The Labute approximate surface area is 286 Å². The van der Waals surface area contributed by atoms with Crippen LogP contribution in [-0.4, -0.2) is 114 Å². The second kappa shape index (κ2) is 16.5. The molecule has 3 rings (SSSR count). The second-order valence-electron chi connectivity index (χ2n) is 15.3.